The SMILES string of the molecule is COC(=O)CN(CCN(CC(=O)NC(Cc1ccc([N+](=O)[O-])cc1)C(=O)OC)CC(=O)OC)CCN(CC(=O)OC)CC(=O)OC. The molecule has 1 N–H and O–H groups in total. The van der Waals surface area contributed by atoms with Gasteiger partial charge in [0.25, 0.3) is 5.69 Å². The molecule has 0 heterocycles. The third kappa shape index (κ3) is 15.4. The average Bonchev–Trinajstić information content (AvgIpc) is 3.04. The zero-order chi connectivity index (χ0) is 34.6. The van der Waals surface area contributed by atoms with Gasteiger partial charge in [0, 0.05) is 44.7 Å². The van der Waals surface area contributed by atoms with Crippen LogP contribution < -0.4 is 5.32 Å². The molecule has 0 saturated carbocycles. The number of ether oxygens (including phenoxy) is 5. The number of nitrogens with zero attached hydrogens (tertiary/aromatic N) is 4. The summed E-state index contributed by atoms with van der Waals surface area (Å²) < 4.78 is 23.7. The Kier molecular flexibility index (Phi) is 18.1. The summed E-state index contributed by atoms with van der Waals surface area (Å²) in [4.78, 5) is 88.4. The molecule has 0 saturated heterocycles. The molecule has 0 aromatic heterocycles. The van der Waals surface area contributed by atoms with Gasteiger partial charge >= 0.3 is 29.8 Å². The number of esters is 5. The Bertz CT molecular complexity index is 1180. The molecule has 1 atom stereocenters. The van der Waals surface area contributed by atoms with E-state index in [1.165, 1.54) is 62.5 Å². The predicted molar refractivity (Wildman–Crippen MR) is 158 cm³/mol. The Morgan fingerprint density at radius 1 is 0.652 bits per heavy atom. The predicted octanol–water partition coefficient (Wildman–Crippen LogP) is -1.61. The first-order chi connectivity index (χ1) is 21.8. The van der Waals surface area contributed by atoms with Crippen LogP contribution in [-0.2, 0) is 58.9 Å². The highest BCUT2D eigenvalue weighted by Crippen LogP contribution is 2.14. The highest BCUT2D eigenvalue weighted by molar-refractivity contribution is 5.86. The molecule has 0 bridgehead atoms. The van der Waals surface area contributed by atoms with Crippen LogP contribution in [0.5, 0.6) is 0 Å². The molecular formula is C28H41N5O13. The van der Waals surface area contributed by atoms with Crippen LogP contribution in [-0.4, -0.2) is 156 Å². The molecule has 0 spiro atoms. The summed E-state index contributed by atoms with van der Waals surface area (Å²) in [5.41, 5.74) is 0.390. The fourth-order valence-corrected chi connectivity index (χ4v) is 4.02. The van der Waals surface area contributed by atoms with Gasteiger partial charge in [-0.25, -0.2) is 4.79 Å². The summed E-state index contributed by atoms with van der Waals surface area (Å²) in [6.45, 7) is -0.766. The normalized spacial score (nSPS) is 11.5. The molecule has 0 aliphatic rings. The van der Waals surface area contributed by atoms with Crippen LogP contribution in [0.4, 0.5) is 5.69 Å². The molecule has 0 radical (unpaired) electrons. The number of nitrogens with one attached hydrogen (secondary N) is 1. The van der Waals surface area contributed by atoms with Crippen LogP contribution in [0, 0.1) is 10.1 Å². The van der Waals surface area contributed by atoms with Crippen molar-refractivity contribution in [2.75, 3.05) is 94.5 Å². The van der Waals surface area contributed by atoms with E-state index in [0.29, 0.717) is 5.56 Å². The lowest BCUT2D eigenvalue weighted by atomic mass is 10.1. The second kappa shape index (κ2) is 21.1. The van der Waals surface area contributed by atoms with Crippen molar-refractivity contribution >= 4 is 41.4 Å². The Morgan fingerprint density at radius 2 is 1.04 bits per heavy atom. The smallest absolute Gasteiger partial charge is 0.328 e. The second-order valence-electron chi connectivity index (χ2n) is 9.77. The molecule has 256 valence electrons. The van der Waals surface area contributed by atoms with Gasteiger partial charge in [-0.3, -0.25) is 48.8 Å². The highest BCUT2D eigenvalue weighted by atomic mass is 16.6. The maximum Gasteiger partial charge on any atom is 0.328 e. The molecule has 1 unspecified atom stereocenters. The van der Waals surface area contributed by atoms with Gasteiger partial charge in [-0.1, -0.05) is 12.1 Å². The molecule has 18 nitrogen and oxygen atoms in total. The monoisotopic (exact) mass is 655 g/mol. The standard InChI is InChI=1S/C28H41N5O13/c1-42-24(35)16-30(11-13-32(18-26(37)44-3)19-27(38)45-4)10-12-31(17-25(36)43-2)15-23(34)29-22(28(39)46-5)14-20-6-8-21(9-7-20)33(40)41/h6-9,22H,10-19H2,1-5H3,(H,29,34). The number of benzene rings is 1. The van der Waals surface area contributed by atoms with Gasteiger partial charge in [0.15, 0.2) is 0 Å². The number of hydrogen-bond donors (Lipinski definition) is 1. The van der Waals surface area contributed by atoms with Crippen LogP contribution in [0.25, 0.3) is 0 Å². The molecule has 1 amide bonds. The summed E-state index contributed by atoms with van der Waals surface area (Å²) in [5, 5.41) is 13.5. The fraction of sp³-hybridized carbons (Fsp3) is 0.571. The summed E-state index contributed by atoms with van der Waals surface area (Å²) in [5.74, 6) is -3.78. The second-order valence-corrected chi connectivity index (χ2v) is 9.77. The topological polar surface area (TPSA) is 213 Å². The van der Waals surface area contributed by atoms with Crippen LogP contribution in [0.2, 0.25) is 0 Å². The van der Waals surface area contributed by atoms with Crippen LogP contribution in [0.3, 0.4) is 0 Å². The van der Waals surface area contributed by atoms with Crippen molar-refractivity contribution in [2.45, 2.75) is 12.5 Å². The van der Waals surface area contributed by atoms with E-state index in [1.807, 2.05) is 0 Å². The van der Waals surface area contributed by atoms with Crippen molar-refractivity contribution in [3.8, 4) is 0 Å². The van der Waals surface area contributed by atoms with E-state index in [4.69, 9.17) is 14.2 Å². The van der Waals surface area contributed by atoms with E-state index in [1.54, 1.807) is 4.90 Å². The molecule has 1 aromatic carbocycles. The van der Waals surface area contributed by atoms with Gasteiger partial charge in [0.2, 0.25) is 5.91 Å². The molecule has 0 aliphatic heterocycles. The van der Waals surface area contributed by atoms with Gasteiger partial charge in [-0.2, -0.15) is 0 Å². The van der Waals surface area contributed by atoms with E-state index < -0.39 is 46.7 Å². The van der Waals surface area contributed by atoms with Crippen molar-refractivity contribution < 1.29 is 57.4 Å². The van der Waals surface area contributed by atoms with E-state index >= 15 is 0 Å². The van der Waals surface area contributed by atoms with Crippen LogP contribution in [0.1, 0.15) is 5.56 Å². The molecule has 46 heavy (non-hydrogen) atoms. The maximum atomic E-state index is 13.0. The van der Waals surface area contributed by atoms with Gasteiger partial charge < -0.3 is 29.0 Å². The first-order valence-corrected chi connectivity index (χ1v) is 13.9. The van der Waals surface area contributed by atoms with E-state index in [-0.39, 0.29) is 71.0 Å². The minimum absolute atomic E-state index is 0.0199. The zero-order valence-electron chi connectivity index (χ0n) is 26.6. The Labute approximate surface area is 265 Å². The number of non-ortho nitro benzene ring substituents is 1. The molecule has 0 aliphatic carbocycles. The number of carbonyl (C=O) groups is 6. The number of methoxy groups -OCH3 is 5. The van der Waals surface area contributed by atoms with Crippen LogP contribution >= 0.6 is 0 Å². The Balaban J connectivity index is 3.02. The summed E-state index contributed by atoms with van der Waals surface area (Å²) in [7, 11) is 5.95. The number of hydrogen-bond acceptors (Lipinski definition) is 16. The molecular weight excluding hydrogens is 614 g/mol. The van der Waals surface area contributed by atoms with Gasteiger partial charge in [0.1, 0.15) is 6.04 Å². The van der Waals surface area contributed by atoms with Crippen molar-refractivity contribution in [3.05, 3.63) is 39.9 Å². The average molecular weight is 656 g/mol. The summed E-state index contributed by atoms with van der Waals surface area (Å²) in [6.07, 6.45) is -0.0199. The van der Waals surface area contributed by atoms with E-state index in [0.717, 1.165) is 7.11 Å². The molecule has 1 aromatic rings. The van der Waals surface area contributed by atoms with Crippen molar-refractivity contribution in [1.29, 1.82) is 0 Å². The van der Waals surface area contributed by atoms with E-state index in [9.17, 15) is 38.9 Å². The zero-order valence-corrected chi connectivity index (χ0v) is 26.6. The van der Waals surface area contributed by atoms with E-state index in [2.05, 4.69) is 14.8 Å². The molecule has 18 heteroatoms. The van der Waals surface area contributed by atoms with Gasteiger partial charge in [-0.05, 0) is 5.56 Å². The number of carbonyl (C=O) groups excluding carboxylic acids is 6. The van der Waals surface area contributed by atoms with Crippen molar-refractivity contribution in [2.24, 2.45) is 0 Å². The van der Waals surface area contributed by atoms with Gasteiger partial charge in [-0.15, -0.1) is 0 Å². The molecule has 0 fully saturated rings. The van der Waals surface area contributed by atoms with Crippen molar-refractivity contribution in [1.82, 2.24) is 20.0 Å². The third-order valence-electron chi connectivity index (χ3n) is 6.56. The lowest BCUT2D eigenvalue weighted by Gasteiger charge is -2.28. The molecule has 1 rings (SSSR count). The summed E-state index contributed by atoms with van der Waals surface area (Å²) in [6, 6.07) is 4.32. The van der Waals surface area contributed by atoms with Crippen molar-refractivity contribution in [3.63, 3.8) is 0 Å². The minimum Gasteiger partial charge on any atom is -0.468 e. The number of amides is 1. The quantitative estimate of drug-likeness (QED) is 0.0683. The first-order valence-electron chi connectivity index (χ1n) is 13.9. The fourth-order valence-electron chi connectivity index (χ4n) is 4.02. The summed E-state index contributed by atoms with van der Waals surface area (Å²) >= 11 is 0. The highest BCUT2D eigenvalue weighted by Gasteiger charge is 2.25. The number of nitro groups is 1. The number of rotatable bonds is 21. The van der Waals surface area contributed by atoms with Gasteiger partial charge in [0.05, 0.1) is 73.2 Å². The largest absolute Gasteiger partial charge is 0.468 e. The Morgan fingerprint density at radius 3 is 1.43 bits per heavy atom. The number of nitro benzene ring substituents is 1. The Hall–Kier alpha value is -4.68. The lowest BCUT2D eigenvalue weighted by Crippen LogP contribution is -2.49. The first kappa shape index (κ1) is 39.3. The maximum absolute atomic E-state index is 13.0. The van der Waals surface area contributed by atoms with Crippen LogP contribution in [0.15, 0.2) is 24.3 Å². The lowest BCUT2D eigenvalue weighted by molar-refractivity contribution is -0.384. The minimum atomic E-state index is -1.13. The third-order valence-corrected chi connectivity index (χ3v) is 6.56.